The molecule has 0 aliphatic heterocycles. The number of carbonyl (C=O) groups excluding carboxylic acids is 1. The van der Waals surface area contributed by atoms with Crippen molar-refractivity contribution in [3.8, 4) is 0 Å². The van der Waals surface area contributed by atoms with Crippen LogP contribution in [0.3, 0.4) is 0 Å². The van der Waals surface area contributed by atoms with Gasteiger partial charge in [0, 0.05) is 7.05 Å². The number of aliphatic carboxylic acids is 1. The molecular formula is C19H17F2NO4. The maximum atomic E-state index is 13.2. The molecule has 0 fully saturated rings. The summed E-state index contributed by atoms with van der Waals surface area (Å²) in [5.74, 6) is -4.27. The molecule has 0 saturated carbocycles. The van der Waals surface area contributed by atoms with Crippen molar-refractivity contribution < 1.29 is 28.6 Å². The van der Waals surface area contributed by atoms with Gasteiger partial charge in [-0.15, -0.1) is 0 Å². The number of hydrogen-bond acceptors (Lipinski definition) is 3. The quantitative estimate of drug-likeness (QED) is 0.612. The third-order valence-corrected chi connectivity index (χ3v) is 3.89. The number of likely N-dealkylation sites (N-methyl/N-ethyl adjacent to an activating group) is 1. The van der Waals surface area contributed by atoms with Crippen LogP contribution in [-0.2, 0) is 16.0 Å². The van der Waals surface area contributed by atoms with E-state index in [0.717, 1.165) is 5.56 Å². The Balaban J connectivity index is 2.34. The van der Waals surface area contributed by atoms with Crippen LogP contribution >= 0.6 is 0 Å². The zero-order valence-electron chi connectivity index (χ0n) is 13.9. The fourth-order valence-electron chi connectivity index (χ4n) is 2.44. The minimum absolute atomic E-state index is 0.288. The maximum Gasteiger partial charge on any atom is 0.371 e. The number of carboxylic acid groups (broad SMARTS) is 1. The van der Waals surface area contributed by atoms with E-state index in [2.05, 4.69) is 0 Å². The number of rotatable bonds is 6. The molecule has 1 amide bonds. The molecule has 7 heteroatoms. The first kappa shape index (κ1) is 19.1. The highest BCUT2D eigenvalue weighted by molar-refractivity contribution is 5.96. The Labute approximate surface area is 148 Å². The second-order valence-corrected chi connectivity index (χ2v) is 5.68. The fraction of sp³-hybridized carbons (Fsp3) is 0.158. The number of halogens is 2. The van der Waals surface area contributed by atoms with E-state index in [0.29, 0.717) is 11.6 Å². The molecule has 0 bridgehead atoms. The van der Waals surface area contributed by atoms with Gasteiger partial charge in [-0.2, -0.15) is 0 Å². The van der Waals surface area contributed by atoms with Crippen molar-refractivity contribution in [2.24, 2.45) is 0 Å². The van der Waals surface area contributed by atoms with Gasteiger partial charge in [-0.3, -0.25) is 4.79 Å². The predicted molar refractivity (Wildman–Crippen MR) is 90.4 cm³/mol. The van der Waals surface area contributed by atoms with Crippen molar-refractivity contribution in [2.75, 3.05) is 7.05 Å². The van der Waals surface area contributed by atoms with Crippen LogP contribution in [0.15, 0.2) is 60.4 Å². The highest BCUT2D eigenvalue weighted by Crippen LogP contribution is 2.25. The molecule has 0 saturated heterocycles. The van der Waals surface area contributed by atoms with Crippen LogP contribution in [0.2, 0.25) is 0 Å². The number of aliphatic hydroxyl groups excluding tert-OH is 1. The van der Waals surface area contributed by atoms with Gasteiger partial charge in [0.15, 0.2) is 0 Å². The van der Waals surface area contributed by atoms with Crippen molar-refractivity contribution in [1.29, 1.82) is 0 Å². The van der Waals surface area contributed by atoms with E-state index >= 15 is 0 Å². The number of carboxylic acids is 1. The van der Waals surface area contributed by atoms with E-state index in [1.807, 2.05) is 0 Å². The van der Waals surface area contributed by atoms with Gasteiger partial charge in [-0.25, -0.2) is 13.6 Å². The standard InChI is InChI=1S/C19H17F2NO4/c1-22(18(24)11-17(23)19(25)26)16(13-4-8-15(21)9-5-13)10-12-2-6-14(20)7-3-12/h2-9,11,16,23H,10H2,1H3,(H,25,26). The van der Waals surface area contributed by atoms with Gasteiger partial charge in [0.1, 0.15) is 11.6 Å². The van der Waals surface area contributed by atoms with E-state index < -0.39 is 35.3 Å². The summed E-state index contributed by atoms with van der Waals surface area (Å²) in [5.41, 5.74) is 1.33. The molecule has 0 aliphatic carbocycles. The van der Waals surface area contributed by atoms with Gasteiger partial charge in [-0.1, -0.05) is 24.3 Å². The largest absolute Gasteiger partial charge is 0.502 e. The minimum atomic E-state index is -1.62. The lowest BCUT2D eigenvalue weighted by atomic mass is 9.97. The van der Waals surface area contributed by atoms with E-state index in [4.69, 9.17) is 5.11 Å². The molecule has 136 valence electrons. The molecule has 0 aromatic heterocycles. The molecule has 2 aromatic rings. The van der Waals surface area contributed by atoms with Crippen LogP contribution in [-0.4, -0.2) is 34.0 Å². The second kappa shape index (κ2) is 8.24. The number of aliphatic hydroxyl groups is 1. The molecule has 26 heavy (non-hydrogen) atoms. The molecule has 0 aliphatic rings. The fourth-order valence-corrected chi connectivity index (χ4v) is 2.44. The Hall–Kier alpha value is -3.22. The Bertz CT molecular complexity index is 816. The number of benzene rings is 2. The van der Waals surface area contributed by atoms with Gasteiger partial charge >= 0.3 is 5.97 Å². The van der Waals surface area contributed by atoms with E-state index in [9.17, 15) is 23.5 Å². The normalized spacial score (nSPS) is 12.5. The van der Waals surface area contributed by atoms with Gasteiger partial charge in [0.05, 0.1) is 12.1 Å². The van der Waals surface area contributed by atoms with Crippen LogP contribution in [0.4, 0.5) is 8.78 Å². The van der Waals surface area contributed by atoms with Crippen molar-refractivity contribution in [2.45, 2.75) is 12.5 Å². The summed E-state index contributed by atoms with van der Waals surface area (Å²) in [4.78, 5) is 24.2. The lowest BCUT2D eigenvalue weighted by molar-refractivity contribution is -0.136. The van der Waals surface area contributed by atoms with Crippen LogP contribution in [0.1, 0.15) is 17.2 Å². The number of hydrogen-bond donors (Lipinski definition) is 2. The van der Waals surface area contributed by atoms with Crippen molar-refractivity contribution in [3.05, 3.63) is 83.1 Å². The summed E-state index contributed by atoms with van der Waals surface area (Å²) in [5, 5.41) is 18.0. The zero-order valence-corrected chi connectivity index (χ0v) is 13.9. The molecule has 0 spiro atoms. The topological polar surface area (TPSA) is 77.8 Å². The summed E-state index contributed by atoms with van der Waals surface area (Å²) in [6.45, 7) is 0. The third-order valence-electron chi connectivity index (χ3n) is 3.89. The first-order chi connectivity index (χ1) is 12.3. The minimum Gasteiger partial charge on any atom is -0.502 e. The lowest BCUT2D eigenvalue weighted by Crippen LogP contribution is -2.32. The highest BCUT2D eigenvalue weighted by atomic mass is 19.1. The van der Waals surface area contributed by atoms with Crippen LogP contribution in [0.25, 0.3) is 0 Å². The second-order valence-electron chi connectivity index (χ2n) is 5.68. The number of carbonyl (C=O) groups is 2. The van der Waals surface area contributed by atoms with Gasteiger partial charge in [-0.05, 0) is 41.8 Å². The van der Waals surface area contributed by atoms with Crippen LogP contribution in [0, 0.1) is 11.6 Å². The van der Waals surface area contributed by atoms with E-state index in [1.54, 1.807) is 12.1 Å². The number of nitrogens with zero attached hydrogens (tertiary/aromatic N) is 1. The summed E-state index contributed by atoms with van der Waals surface area (Å²) < 4.78 is 26.3. The van der Waals surface area contributed by atoms with E-state index in [-0.39, 0.29) is 6.42 Å². The smallest absolute Gasteiger partial charge is 0.371 e. The third kappa shape index (κ3) is 4.89. The average Bonchev–Trinajstić information content (AvgIpc) is 2.61. The molecule has 1 atom stereocenters. The Kier molecular flexibility index (Phi) is 6.06. The Morgan fingerprint density at radius 1 is 1.00 bits per heavy atom. The molecular weight excluding hydrogens is 344 g/mol. The summed E-state index contributed by atoms with van der Waals surface area (Å²) in [6.07, 6.45) is 0.888. The van der Waals surface area contributed by atoms with Crippen LogP contribution < -0.4 is 0 Å². The highest BCUT2D eigenvalue weighted by Gasteiger charge is 2.22. The zero-order chi connectivity index (χ0) is 19.3. The maximum absolute atomic E-state index is 13.2. The lowest BCUT2D eigenvalue weighted by Gasteiger charge is -2.28. The van der Waals surface area contributed by atoms with E-state index in [1.165, 1.54) is 48.3 Å². The molecule has 1 unspecified atom stereocenters. The molecule has 0 heterocycles. The molecule has 2 rings (SSSR count). The molecule has 2 N–H and O–H groups in total. The summed E-state index contributed by atoms with van der Waals surface area (Å²) >= 11 is 0. The van der Waals surface area contributed by atoms with Gasteiger partial charge in [0.2, 0.25) is 5.76 Å². The van der Waals surface area contributed by atoms with Crippen LogP contribution in [0.5, 0.6) is 0 Å². The average molecular weight is 361 g/mol. The number of amides is 1. The SMILES string of the molecule is CN(C(=O)C=C(O)C(=O)O)C(Cc1ccc(F)cc1)c1ccc(F)cc1. The molecule has 5 nitrogen and oxygen atoms in total. The summed E-state index contributed by atoms with van der Waals surface area (Å²) in [6, 6.07) is 10.6. The first-order valence-corrected chi connectivity index (χ1v) is 7.68. The Morgan fingerprint density at radius 2 is 1.50 bits per heavy atom. The van der Waals surface area contributed by atoms with Crippen molar-refractivity contribution >= 4 is 11.9 Å². The Morgan fingerprint density at radius 3 is 2.00 bits per heavy atom. The molecule has 2 aromatic carbocycles. The molecule has 0 radical (unpaired) electrons. The van der Waals surface area contributed by atoms with Gasteiger partial charge in [0.25, 0.3) is 5.91 Å². The van der Waals surface area contributed by atoms with Crippen molar-refractivity contribution in [1.82, 2.24) is 4.90 Å². The predicted octanol–water partition coefficient (Wildman–Crippen LogP) is 3.23. The van der Waals surface area contributed by atoms with Gasteiger partial charge < -0.3 is 15.1 Å². The monoisotopic (exact) mass is 361 g/mol. The first-order valence-electron chi connectivity index (χ1n) is 7.68. The summed E-state index contributed by atoms with van der Waals surface area (Å²) in [7, 11) is 1.44. The van der Waals surface area contributed by atoms with Crippen molar-refractivity contribution in [3.63, 3.8) is 0 Å².